The molecule has 0 saturated heterocycles. The Morgan fingerprint density at radius 1 is 1.21 bits per heavy atom. The molecular formula is C22H19BrClF3N4O3. The third-order valence-corrected chi connectivity index (χ3v) is 6.33. The van der Waals surface area contributed by atoms with E-state index >= 15 is 0 Å². The maximum absolute atomic E-state index is 14.0. The molecule has 7 nitrogen and oxygen atoms in total. The van der Waals surface area contributed by atoms with E-state index in [0.717, 1.165) is 9.15 Å². The highest BCUT2D eigenvalue weighted by molar-refractivity contribution is 9.10. The van der Waals surface area contributed by atoms with Gasteiger partial charge in [-0.2, -0.15) is 18.3 Å². The largest absolute Gasteiger partial charge is 0.497 e. The summed E-state index contributed by atoms with van der Waals surface area (Å²) in [4.78, 5) is 12.9. The predicted molar refractivity (Wildman–Crippen MR) is 125 cm³/mol. The van der Waals surface area contributed by atoms with Crippen molar-refractivity contribution in [1.29, 1.82) is 0 Å². The molecule has 0 fully saturated rings. The number of halogens is 5. The van der Waals surface area contributed by atoms with Crippen LogP contribution in [0.4, 0.5) is 24.7 Å². The Bertz CT molecular complexity index is 1220. The summed E-state index contributed by atoms with van der Waals surface area (Å²) in [5.41, 5.74) is 0.589. The van der Waals surface area contributed by atoms with Crippen LogP contribution in [0.5, 0.6) is 11.5 Å². The first-order valence-corrected chi connectivity index (χ1v) is 11.2. The van der Waals surface area contributed by atoms with Crippen LogP contribution in [0.3, 0.4) is 0 Å². The number of hydrogen-bond donors (Lipinski definition) is 2. The molecule has 2 heterocycles. The molecule has 0 radical (unpaired) electrons. The van der Waals surface area contributed by atoms with Gasteiger partial charge in [-0.25, -0.2) is 4.68 Å². The van der Waals surface area contributed by atoms with Gasteiger partial charge < -0.3 is 20.1 Å². The Kier molecular flexibility index (Phi) is 6.68. The molecule has 3 aromatic rings. The summed E-state index contributed by atoms with van der Waals surface area (Å²) < 4.78 is 53.8. The number of rotatable bonds is 5. The van der Waals surface area contributed by atoms with Crippen LogP contribution in [0.15, 0.2) is 46.9 Å². The maximum atomic E-state index is 14.0. The Morgan fingerprint density at radius 3 is 2.53 bits per heavy atom. The van der Waals surface area contributed by atoms with E-state index < -0.39 is 24.2 Å². The normalized spacial score (nSPS) is 17.5. The molecule has 1 aliphatic heterocycles. The number of fused-ring (bicyclic) bond motifs is 1. The fourth-order valence-electron chi connectivity index (χ4n) is 3.73. The zero-order valence-corrected chi connectivity index (χ0v) is 20.3. The standard InChI is InChI=1S/C22H19BrClF3N4O3/c1-33-13-7-8-14(16(9-13)34-2)29-21(32)19-18(24)20-28-15(11-3-5-12(23)6-4-11)10-17(22(25,26)27)31(20)30-19/h3-9,15,17,28H,10H2,1-2H3,(H,29,32)/t15-,17-/m1/s1. The van der Waals surface area contributed by atoms with Crippen molar-refractivity contribution in [1.82, 2.24) is 9.78 Å². The van der Waals surface area contributed by atoms with Crippen molar-refractivity contribution >= 4 is 44.9 Å². The zero-order valence-electron chi connectivity index (χ0n) is 17.9. The lowest BCUT2D eigenvalue weighted by molar-refractivity contribution is -0.173. The summed E-state index contributed by atoms with van der Waals surface area (Å²) in [5.74, 6) is -0.0516. The first-order valence-electron chi connectivity index (χ1n) is 10.0. The molecule has 180 valence electrons. The van der Waals surface area contributed by atoms with Crippen molar-refractivity contribution < 1.29 is 27.4 Å². The minimum Gasteiger partial charge on any atom is -0.497 e. The summed E-state index contributed by atoms with van der Waals surface area (Å²) in [7, 11) is 2.89. The topological polar surface area (TPSA) is 77.4 Å². The van der Waals surface area contributed by atoms with E-state index in [9.17, 15) is 18.0 Å². The van der Waals surface area contributed by atoms with Gasteiger partial charge in [-0.1, -0.05) is 39.7 Å². The Balaban J connectivity index is 1.69. The van der Waals surface area contributed by atoms with Gasteiger partial charge in [0.2, 0.25) is 0 Å². The summed E-state index contributed by atoms with van der Waals surface area (Å²) in [6, 6.07) is 8.98. The highest BCUT2D eigenvalue weighted by Crippen LogP contribution is 2.46. The van der Waals surface area contributed by atoms with E-state index in [4.69, 9.17) is 21.1 Å². The van der Waals surface area contributed by atoms with Crippen LogP contribution in [-0.4, -0.2) is 36.1 Å². The lowest BCUT2D eigenvalue weighted by Crippen LogP contribution is -2.35. The maximum Gasteiger partial charge on any atom is 0.410 e. The van der Waals surface area contributed by atoms with Crippen molar-refractivity contribution in [3.05, 3.63) is 63.2 Å². The summed E-state index contributed by atoms with van der Waals surface area (Å²) in [6.07, 6.45) is -4.92. The number of benzene rings is 2. The molecule has 12 heteroatoms. The second kappa shape index (κ2) is 9.38. The number of nitrogens with one attached hydrogen (secondary N) is 2. The average molecular weight is 560 g/mol. The molecule has 0 aliphatic carbocycles. The highest BCUT2D eigenvalue weighted by atomic mass is 79.9. The average Bonchev–Trinajstić information content (AvgIpc) is 3.15. The van der Waals surface area contributed by atoms with Crippen LogP contribution < -0.4 is 20.1 Å². The van der Waals surface area contributed by atoms with Gasteiger partial charge in [-0.15, -0.1) is 0 Å². The Morgan fingerprint density at radius 2 is 1.91 bits per heavy atom. The van der Waals surface area contributed by atoms with E-state index in [1.165, 1.54) is 14.2 Å². The fourth-order valence-corrected chi connectivity index (χ4v) is 4.26. The summed E-state index contributed by atoms with van der Waals surface area (Å²) >= 11 is 9.70. The van der Waals surface area contributed by atoms with Crippen LogP contribution >= 0.6 is 27.5 Å². The number of carbonyl (C=O) groups is 1. The minimum atomic E-state index is -4.60. The molecule has 2 atom stereocenters. The molecule has 34 heavy (non-hydrogen) atoms. The van der Waals surface area contributed by atoms with E-state index in [1.54, 1.807) is 42.5 Å². The molecule has 4 rings (SSSR count). The number of nitrogens with zero attached hydrogens (tertiary/aromatic N) is 2. The molecule has 0 bridgehead atoms. The number of alkyl halides is 3. The van der Waals surface area contributed by atoms with Crippen LogP contribution in [0.2, 0.25) is 5.02 Å². The van der Waals surface area contributed by atoms with E-state index in [0.29, 0.717) is 17.1 Å². The number of ether oxygens (including phenoxy) is 2. The first kappa shape index (κ1) is 24.2. The van der Waals surface area contributed by atoms with Gasteiger partial charge in [0, 0.05) is 17.0 Å². The van der Waals surface area contributed by atoms with Crippen molar-refractivity contribution in [2.45, 2.75) is 24.7 Å². The number of methoxy groups -OCH3 is 2. The summed E-state index contributed by atoms with van der Waals surface area (Å²) in [6.45, 7) is 0. The smallest absolute Gasteiger partial charge is 0.410 e. The van der Waals surface area contributed by atoms with Crippen LogP contribution in [-0.2, 0) is 0 Å². The lowest BCUT2D eigenvalue weighted by atomic mass is 9.97. The third-order valence-electron chi connectivity index (χ3n) is 5.44. The first-order chi connectivity index (χ1) is 16.1. The quantitative estimate of drug-likeness (QED) is 0.388. The van der Waals surface area contributed by atoms with Crippen LogP contribution in [0, 0.1) is 0 Å². The monoisotopic (exact) mass is 558 g/mol. The van der Waals surface area contributed by atoms with Crippen LogP contribution in [0.1, 0.15) is 34.6 Å². The van der Waals surface area contributed by atoms with E-state index in [1.807, 2.05) is 0 Å². The number of aromatic nitrogens is 2. The van der Waals surface area contributed by atoms with Crippen molar-refractivity contribution in [2.75, 3.05) is 24.9 Å². The molecule has 0 saturated carbocycles. The lowest BCUT2D eigenvalue weighted by Gasteiger charge is -2.33. The summed E-state index contributed by atoms with van der Waals surface area (Å²) in [5, 5.41) is 9.34. The highest BCUT2D eigenvalue weighted by Gasteiger charge is 2.47. The van der Waals surface area contributed by atoms with E-state index in [-0.39, 0.29) is 28.6 Å². The molecule has 0 unspecified atom stereocenters. The number of hydrogen-bond acceptors (Lipinski definition) is 5. The number of anilines is 2. The van der Waals surface area contributed by atoms with E-state index in [2.05, 4.69) is 31.7 Å². The molecule has 1 amide bonds. The van der Waals surface area contributed by atoms with Crippen LogP contribution in [0.25, 0.3) is 0 Å². The second-order valence-corrected chi connectivity index (χ2v) is 8.81. The molecule has 1 aliphatic rings. The number of carbonyl (C=O) groups excluding carboxylic acids is 1. The Hall–Kier alpha value is -2.92. The predicted octanol–water partition coefficient (Wildman–Crippen LogP) is 6.23. The van der Waals surface area contributed by atoms with Gasteiger partial charge in [-0.05, 0) is 29.8 Å². The second-order valence-electron chi connectivity index (χ2n) is 7.52. The van der Waals surface area contributed by atoms with Gasteiger partial charge in [0.25, 0.3) is 5.91 Å². The Labute approximate surface area is 206 Å². The van der Waals surface area contributed by atoms with Gasteiger partial charge in [0.1, 0.15) is 22.3 Å². The molecule has 2 aromatic carbocycles. The molecule has 2 N–H and O–H groups in total. The molecule has 0 spiro atoms. The van der Waals surface area contributed by atoms with Crippen molar-refractivity contribution in [3.8, 4) is 11.5 Å². The SMILES string of the molecule is COc1ccc(NC(=O)c2nn3c(c2Cl)N[C@@H](c2ccc(Br)cc2)C[C@@H]3C(F)(F)F)c(OC)c1. The van der Waals surface area contributed by atoms with Crippen molar-refractivity contribution in [2.24, 2.45) is 0 Å². The number of amides is 1. The van der Waals surface area contributed by atoms with Gasteiger partial charge >= 0.3 is 6.18 Å². The zero-order chi connectivity index (χ0) is 24.6. The van der Waals surface area contributed by atoms with Gasteiger partial charge in [0.05, 0.1) is 25.9 Å². The third kappa shape index (κ3) is 4.67. The minimum absolute atomic E-state index is 0.0741. The van der Waals surface area contributed by atoms with Crippen molar-refractivity contribution in [3.63, 3.8) is 0 Å². The fraction of sp³-hybridized carbons (Fsp3) is 0.273. The molecule has 1 aromatic heterocycles. The van der Waals surface area contributed by atoms with Gasteiger partial charge in [0.15, 0.2) is 11.7 Å². The molecular weight excluding hydrogens is 541 g/mol. The van der Waals surface area contributed by atoms with Gasteiger partial charge in [-0.3, -0.25) is 4.79 Å².